The van der Waals surface area contributed by atoms with Crippen molar-refractivity contribution in [1.29, 1.82) is 0 Å². The molecule has 0 aliphatic rings. The maximum Gasteiger partial charge on any atom is 0.0870 e. The molecule has 3 N–H and O–H groups in total. The molecule has 78 valence electrons. The number of rotatable bonds is 6. The number of aliphatic hydroxyl groups is 1. The summed E-state index contributed by atoms with van der Waals surface area (Å²) in [4.78, 5) is 2.68. The van der Waals surface area contributed by atoms with Crippen LogP contribution in [-0.4, -0.2) is 40.7 Å². The minimum absolute atomic E-state index is 0.209. The molecule has 0 bridgehead atoms. The predicted molar refractivity (Wildman–Crippen MR) is 59.7 cm³/mol. The maximum atomic E-state index is 8.91. The minimum Gasteiger partial charge on any atom is -0.396 e. The molecule has 0 rings (SSSR count). The molecule has 0 saturated heterocycles. The van der Waals surface area contributed by atoms with Crippen molar-refractivity contribution in [3.63, 3.8) is 0 Å². The van der Waals surface area contributed by atoms with E-state index in [4.69, 9.17) is 23.1 Å². The maximum absolute atomic E-state index is 8.91. The molecule has 3 nitrogen and oxygen atoms in total. The molecule has 4 heteroatoms. The van der Waals surface area contributed by atoms with Crippen LogP contribution in [-0.2, 0) is 0 Å². The van der Waals surface area contributed by atoms with Crippen LogP contribution in [0.1, 0.15) is 20.8 Å². The Kier molecular flexibility index (Phi) is 6.20. The molecule has 0 spiro atoms. The second-order valence-corrected chi connectivity index (χ2v) is 4.30. The normalized spacial score (nSPS) is 13.7. The summed E-state index contributed by atoms with van der Waals surface area (Å²) < 4.78 is 0. The van der Waals surface area contributed by atoms with Gasteiger partial charge in [0.1, 0.15) is 0 Å². The fourth-order valence-corrected chi connectivity index (χ4v) is 1.28. The largest absolute Gasteiger partial charge is 0.396 e. The first kappa shape index (κ1) is 12.8. The van der Waals surface area contributed by atoms with E-state index in [-0.39, 0.29) is 12.5 Å². The number of thiocarbonyl (C=S) groups is 1. The van der Waals surface area contributed by atoms with Gasteiger partial charge in [-0.05, 0) is 19.8 Å². The summed E-state index contributed by atoms with van der Waals surface area (Å²) >= 11 is 4.85. The fourth-order valence-electron chi connectivity index (χ4n) is 1.12. The Hall–Kier alpha value is -0.190. The van der Waals surface area contributed by atoms with Gasteiger partial charge in [-0.15, -0.1) is 0 Å². The first-order valence-corrected chi connectivity index (χ1v) is 5.01. The molecule has 1 atom stereocenters. The third kappa shape index (κ3) is 5.96. The van der Waals surface area contributed by atoms with Crippen LogP contribution in [0.4, 0.5) is 0 Å². The van der Waals surface area contributed by atoms with Crippen molar-refractivity contribution in [1.82, 2.24) is 4.90 Å². The van der Waals surface area contributed by atoms with Gasteiger partial charge in [-0.1, -0.05) is 19.1 Å². The van der Waals surface area contributed by atoms with Gasteiger partial charge in [-0.2, -0.15) is 0 Å². The average molecular weight is 204 g/mol. The molecule has 0 aliphatic carbocycles. The van der Waals surface area contributed by atoms with Crippen LogP contribution in [0.25, 0.3) is 0 Å². The van der Waals surface area contributed by atoms with E-state index in [0.717, 1.165) is 6.54 Å². The fraction of sp³-hybridized carbons (Fsp3) is 0.889. The highest BCUT2D eigenvalue weighted by Crippen LogP contribution is 2.03. The lowest BCUT2D eigenvalue weighted by atomic mass is 10.1. The van der Waals surface area contributed by atoms with E-state index in [1.54, 1.807) is 0 Å². The molecular formula is C9H20N2OS. The highest BCUT2D eigenvalue weighted by molar-refractivity contribution is 7.80. The van der Waals surface area contributed by atoms with Crippen molar-refractivity contribution >= 4 is 17.2 Å². The van der Waals surface area contributed by atoms with E-state index in [9.17, 15) is 0 Å². The van der Waals surface area contributed by atoms with Crippen LogP contribution >= 0.6 is 12.2 Å². The minimum atomic E-state index is 0.209. The van der Waals surface area contributed by atoms with E-state index in [0.29, 0.717) is 17.6 Å². The van der Waals surface area contributed by atoms with Gasteiger partial charge in [0.05, 0.1) is 4.99 Å². The van der Waals surface area contributed by atoms with E-state index in [1.165, 1.54) is 0 Å². The van der Waals surface area contributed by atoms with Gasteiger partial charge in [0.15, 0.2) is 0 Å². The Labute approximate surface area is 85.9 Å². The summed E-state index contributed by atoms with van der Waals surface area (Å²) in [5.74, 6) is 0.275. The van der Waals surface area contributed by atoms with Gasteiger partial charge in [0.25, 0.3) is 0 Å². The molecule has 13 heavy (non-hydrogen) atoms. The summed E-state index contributed by atoms with van der Waals surface area (Å²) in [6.07, 6.45) is 0. The van der Waals surface area contributed by atoms with Gasteiger partial charge in [-0.3, -0.25) is 4.90 Å². The zero-order valence-corrected chi connectivity index (χ0v) is 9.47. The van der Waals surface area contributed by atoms with Crippen molar-refractivity contribution in [2.45, 2.75) is 26.8 Å². The lowest BCUT2D eigenvalue weighted by Crippen LogP contribution is -2.40. The summed E-state index contributed by atoms with van der Waals surface area (Å²) in [6, 6.07) is 0.412. The van der Waals surface area contributed by atoms with Gasteiger partial charge >= 0.3 is 0 Å². The highest BCUT2D eigenvalue weighted by atomic mass is 32.1. The molecule has 0 aromatic rings. The van der Waals surface area contributed by atoms with Gasteiger partial charge in [-0.25, -0.2) is 0 Å². The first-order chi connectivity index (χ1) is 5.97. The number of nitrogens with zero attached hydrogens (tertiary/aromatic N) is 1. The monoisotopic (exact) mass is 204 g/mol. The number of hydrogen-bond donors (Lipinski definition) is 2. The molecular weight excluding hydrogens is 184 g/mol. The Bertz CT molecular complexity index is 162. The lowest BCUT2D eigenvalue weighted by Gasteiger charge is -2.28. The quantitative estimate of drug-likeness (QED) is 0.623. The van der Waals surface area contributed by atoms with E-state index >= 15 is 0 Å². The Morgan fingerprint density at radius 3 is 2.31 bits per heavy atom. The standard InChI is InChI=1S/C9H20N2OS/c1-7(2)11(5-9(10)13)4-8(3)6-12/h7-8,12H,4-6H2,1-3H3,(H2,10,13). The van der Waals surface area contributed by atoms with Crippen molar-refractivity contribution in [2.75, 3.05) is 19.7 Å². The van der Waals surface area contributed by atoms with E-state index in [2.05, 4.69) is 18.7 Å². The average Bonchev–Trinajstić information content (AvgIpc) is 2.02. The third-order valence-electron chi connectivity index (χ3n) is 1.95. The topological polar surface area (TPSA) is 49.5 Å². The molecule has 0 saturated carbocycles. The molecule has 0 fully saturated rings. The van der Waals surface area contributed by atoms with Crippen LogP contribution in [0, 0.1) is 5.92 Å². The summed E-state index contributed by atoms with van der Waals surface area (Å²) in [5, 5.41) is 8.91. The zero-order chi connectivity index (χ0) is 10.4. The number of aliphatic hydroxyl groups excluding tert-OH is 1. The molecule has 0 radical (unpaired) electrons. The van der Waals surface area contributed by atoms with Crippen LogP contribution < -0.4 is 5.73 Å². The smallest absolute Gasteiger partial charge is 0.0870 e. The first-order valence-electron chi connectivity index (χ1n) is 4.60. The molecule has 0 aromatic heterocycles. The Morgan fingerprint density at radius 1 is 1.46 bits per heavy atom. The summed E-state index contributed by atoms with van der Waals surface area (Å²) in [7, 11) is 0. The van der Waals surface area contributed by atoms with Crippen molar-refractivity contribution in [2.24, 2.45) is 11.7 Å². The molecule has 0 amide bonds. The van der Waals surface area contributed by atoms with Crippen LogP contribution in [0.15, 0.2) is 0 Å². The predicted octanol–water partition coefficient (Wildman–Crippen LogP) is 0.611. The number of hydrogen-bond acceptors (Lipinski definition) is 3. The highest BCUT2D eigenvalue weighted by Gasteiger charge is 2.13. The third-order valence-corrected chi connectivity index (χ3v) is 2.08. The molecule has 1 unspecified atom stereocenters. The van der Waals surface area contributed by atoms with Crippen LogP contribution in [0.2, 0.25) is 0 Å². The number of nitrogens with two attached hydrogens (primary N) is 1. The molecule has 0 heterocycles. The van der Waals surface area contributed by atoms with E-state index in [1.807, 2.05) is 6.92 Å². The SMILES string of the molecule is CC(CO)CN(CC(N)=S)C(C)C. The van der Waals surface area contributed by atoms with Crippen molar-refractivity contribution in [3.05, 3.63) is 0 Å². The molecule has 0 aliphatic heterocycles. The zero-order valence-electron chi connectivity index (χ0n) is 8.66. The van der Waals surface area contributed by atoms with Crippen molar-refractivity contribution < 1.29 is 5.11 Å². The van der Waals surface area contributed by atoms with Crippen LogP contribution in [0.3, 0.4) is 0 Å². The molecule has 0 aromatic carbocycles. The Morgan fingerprint density at radius 2 is 2.00 bits per heavy atom. The van der Waals surface area contributed by atoms with Gasteiger partial charge < -0.3 is 10.8 Å². The van der Waals surface area contributed by atoms with E-state index < -0.39 is 0 Å². The van der Waals surface area contributed by atoms with Gasteiger partial charge in [0, 0.05) is 25.7 Å². The van der Waals surface area contributed by atoms with Gasteiger partial charge in [0.2, 0.25) is 0 Å². The second-order valence-electron chi connectivity index (χ2n) is 3.78. The summed E-state index contributed by atoms with van der Waals surface area (Å²) in [5.41, 5.74) is 5.48. The summed E-state index contributed by atoms with van der Waals surface area (Å²) in [6.45, 7) is 7.89. The Balaban J connectivity index is 4.02. The lowest BCUT2D eigenvalue weighted by molar-refractivity contribution is 0.164. The van der Waals surface area contributed by atoms with Crippen LogP contribution in [0.5, 0.6) is 0 Å². The van der Waals surface area contributed by atoms with Crippen molar-refractivity contribution in [3.8, 4) is 0 Å². The second kappa shape index (κ2) is 6.29.